The Balaban J connectivity index is 2.04. The smallest absolute Gasteiger partial charge is 0.133 e. The zero-order valence-corrected chi connectivity index (χ0v) is 10.5. The number of para-hydroxylation sites is 1. The second-order valence-electron chi connectivity index (χ2n) is 4.85. The molecule has 0 saturated carbocycles. The van der Waals surface area contributed by atoms with Gasteiger partial charge in [-0.05, 0) is 36.1 Å². The fourth-order valence-corrected chi connectivity index (χ4v) is 2.54. The number of nitrogens with zero attached hydrogens (tertiary/aromatic N) is 2. The summed E-state index contributed by atoms with van der Waals surface area (Å²) in [5.74, 6) is 1.59. The molecule has 2 heterocycles. The molecule has 92 valence electrons. The summed E-state index contributed by atoms with van der Waals surface area (Å²) in [6, 6.07) is 12.5. The van der Waals surface area contributed by atoms with E-state index < -0.39 is 0 Å². The molecule has 1 aliphatic rings. The van der Waals surface area contributed by atoms with E-state index in [9.17, 15) is 0 Å². The van der Waals surface area contributed by atoms with Gasteiger partial charge in [0.15, 0.2) is 0 Å². The molecule has 2 aromatic rings. The number of pyridine rings is 1. The lowest BCUT2D eigenvalue weighted by Crippen LogP contribution is -2.26. The topological polar surface area (TPSA) is 42.1 Å². The van der Waals surface area contributed by atoms with Gasteiger partial charge in [0.1, 0.15) is 5.82 Å². The molecule has 3 rings (SSSR count). The zero-order chi connectivity index (χ0) is 12.5. The molecular weight excluding hydrogens is 222 g/mol. The van der Waals surface area contributed by atoms with Crippen LogP contribution in [0.2, 0.25) is 0 Å². The van der Waals surface area contributed by atoms with Crippen LogP contribution in [0, 0.1) is 0 Å². The van der Waals surface area contributed by atoms with Gasteiger partial charge in [-0.15, -0.1) is 0 Å². The highest BCUT2D eigenvalue weighted by Gasteiger charge is 2.23. The molecule has 3 heteroatoms. The van der Waals surface area contributed by atoms with Gasteiger partial charge >= 0.3 is 0 Å². The first-order valence-corrected chi connectivity index (χ1v) is 6.33. The van der Waals surface area contributed by atoms with E-state index in [1.165, 1.54) is 11.3 Å². The van der Waals surface area contributed by atoms with E-state index in [1.54, 1.807) is 6.20 Å². The third kappa shape index (κ3) is 1.82. The fraction of sp³-hybridized carbons (Fsp3) is 0.267. The summed E-state index contributed by atoms with van der Waals surface area (Å²) in [7, 11) is 0. The Bertz CT molecular complexity index is 548. The molecule has 0 bridgehead atoms. The monoisotopic (exact) mass is 239 g/mol. The average Bonchev–Trinajstić information content (AvgIpc) is 2.41. The molecule has 0 amide bonds. The summed E-state index contributed by atoms with van der Waals surface area (Å²) in [6.45, 7) is 3.29. The Kier molecular flexibility index (Phi) is 2.67. The Labute approximate surface area is 107 Å². The van der Waals surface area contributed by atoms with Crippen LogP contribution < -0.4 is 10.6 Å². The molecule has 0 spiro atoms. The molecule has 1 atom stereocenters. The maximum absolute atomic E-state index is 5.69. The summed E-state index contributed by atoms with van der Waals surface area (Å²) in [5.41, 5.74) is 9.07. The van der Waals surface area contributed by atoms with Crippen molar-refractivity contribution in [2.45, 2.75) is 19.3 Å². The van der Waals surface area contributed by atoms with Crippen LogP contribution in [0.25, 0.3) is 0 Å². The largest absolute Gasteiger partial charge is 0.397 e. The minimum atomic E-state index is 0.617. The van der Waals surface area contributed by atoms with Crippen LogP contribution in [0.1, 0.15) is 24.8 Å². The predicted molar refractivity (Wildman–Crippen MR) is 75.1 cm³/mol. The van der Waals surface area contributed by atoms with Crippen molar-refractivity contribution in [3.05, 3.63) is 48.2 Å². The molecule has 2 N–H and O–H groups in total. The van der Waals surface area contributed by atoms with Crippen molar-refractivity contribution in [1.29, 1.82) is 0 Å². The van der Waals surface area contributed by atoms with Crippen LogP contribution in [-0.4, -0.2) is 11.5 Å². The van der Waals surface area contributed by atoms with Gasteiger partial charge in [-0.1, -0.05) is 25.1 Å². The van der Waals surface area contributed by atoms with Crippen molar-refractivity contribution in [2.75, 3.05) is 17.2 Å². The van der Waals surface area contributed by atoms with Crippen LogP contribution in [0.4, 0.5) is 17.2 Å². The van der Waals surface area contributed by atoms with E-state index in [-0.39, 0.29) is 0 Å². The van der Waals surface area contributed by atoms with Crippen LogP contribution >= 0.6 is 0 Å². The Morgan fingerprint density at radius 3 is 2.83 bits per heavy atom. The maximum atomic E-state index is 5.69. The normalized spacial score (nSPS) is 18.5. The minimum absolute atomic E-state index is 0.617. The second-order valence-corrected chi connectivity index (χ2v) is 4.85. The summed E-state index contributed by atoms with van der Waals surface area (Å²) < 4.78 is 0. The first kappa shape index (κ1) is 11.1. The molecular formula is C15H17N3. The van der Waals surface area contributed by atoms with E-state index in [0.717, 1.165) is 18.8 Å². The molecule has 1 aromatic heterocycles. The highest BCUT2D eigenvalue weighted by atomic mass is 15.2. The van der Waals surface area contributed by atoms with Gasteiger partial charge in [0, 0.05) is 12.2 Å². The molecule has 1 aromatic carbocycles. The summed E-state index contributed by atoms with van der Waals surface area (Å²) in [5, 5.41) is 0. The molecule has 1 unspecified atom stereocenters. The van der Waals surface area contributed by atoms with Crippen molar-refractivity contribution >= 4 is 17.2 Å². The van der Waals surface area contributed by atoms with Crippen molar-refractivity contribution in [3.8, 4) is 0 Å². The molecule has 0 fully saturated rings. The van der Waals surface area contributed by atoms with Gasteiger partial charge in [-0.2, -0.15) is 0 Å². The predicted octanol–water partition coefficient (Wildman–Crippen LogP) is 3.31. The highest BCUT2D eigenvalue weighted by molar-refractivity contribution is 5.66. The molecule has 0 aliphatic carbocycles. The standard InChI is InChI=1S/C15H17N3/c1-11-8-9-18(14-5-3-2-4-13(11)14)15-7-6-12(16)10-17-15/h2-7,10-11H,8-9,16H2,1H3. The lowest BCUT2D eigenvalue weighted by atomic mass is 9.91. The van der Waals surface area contributed by atoms with Crippen LogP contribution in [0.5, 0.6) is 0 Å². The lowest BCUT2D eigenvalue weighted by molar-refractivity contribution is 0.646. The van der Waals surface area contributed by atoms with E-state index in [0.29, 0.717) is 11.6 Å². The number of benzene rings is 1. The molecule has 3 nitrogen and oxygen atoms in total. The summed E-state index contributed by atoms with van der Waals surface area (Å²) in [4.78, 5) is 6.70. The average molecular weight is 239 g/mol. The van der Waals surface area contributed by atoms with Gasteiger partial charge in [0.25, 0.3) is 0 Å². The quantitative estimate of drug-likeness (QED) is 0.830. The third-order valence-corrected chi connectivity index (χ3v) is 3.59. The number of hydrogen-bond acceptors (Lipinski definition) is 3. The van der Waals surface area contributed by atoms with Gasteiger partial charge in [0.05, 0.1) is 11.9 Å². The number of fused-ring (bicyclic) bond motifs is 1. The Hall–Kier alpha value is -2.03. The van der Waals surface area contributed by atoms with E-state index in [1.807, 2.05) is 12.1 Å². The van der Waals surface area contributed by atoms with Crippen LogP contribution in [0.3, 0.4) is 0 Å². The van der Waals surface area contributed by atoms with Crippen molar-refractivity contribution < 1.29 is 0 Å². The number of hydrogen-bond donors (Lipinski definition) is 1. The van der Waals surface area contributed by atoms with E-state index in [4.69, 9.17) is 5.73 Å². The van der Waals surface area contributed by atoms with E-state index in [2.05, 4.69) is 41.1 Å². The SMILES string of the molecule is CC1CCN(c2ccc(N)cn2)c2ccccc21. The second kappa shape index (κ2) is 4.33. The third-order valence-electron chi connectivity index (χ3n) is 3.59. The Morgan fingerprint density at radius 1 is 1.22 bits per heavy atom. The van der Waals surface area contributed by atoms with Crippen LogP contribution in [0.15, 0.2) is 42.6 Å². The Morgan fingerprint density at radius 2 is 2.06 bits per heavy atom. The molecule has 18 heavy (non-hydrogen) atoms. The number of rotatable bonds is 1. The first-order valence-electron chi connectivity index (χ1n) is 6.33. The number of anilines is 3. The van der Waals surface area contributed by atoms with Crippen molar-refractivity contribution in [2.24, 2.45) is 0 Å². The van der Waals surface area contributed by atoms with Gasteiger partial charge in [-0.3, -0.25) is 0 Å². The summed E-state index contributed by atoms with van der Waals surface area (Å²) in [6.07, 6.45) is 2.87. The zero-order valence-electron chi connectivity index (χ0n) is 10.5. The fourth-order valence-electron chi connectivity index (χ4n) is 2.54. The van der Waals surface area contributed by atoms with Crippen molar-refractivity contribution in [1.82, 2.24) is 4.98 Å². The van der Waals surface area contributed by atoms with Gasteiger partial charge in [0.2, 0.25) is 0 Å². The van der Waals surface area contributed by atoms with Gasteiger partial charge in [-0.25, -0.2) is 4.98 Å². The lowest BCUT2D eigenvalue weighted by Gasteiger charge is -2.33. The first-order chi connectivity index (χ1) is 8.75. The number of nitrogens with two attached hydrogens (primary N) is 1. The molecule has 1 aliphatic heterocycles. The minimum Gasteiger partial charge on any atom is -0.397 e. The number of nitrogen functional groups attached to an aromatic ring is 1. The number of aromatic nitrogens is 1. The molecule has 0 radical (unpaired) electrons. The van der Waals surface area contributed by atoms with Crippen molar-refractivity contribution in [3.63, 3.8) is 0 Å². The molecule has 0 saturated heterocycles. The van der Waals surface area contributed by atoms with Gasteiger partial charge < -0.3 is 10.6 Å². The van der Waals surface area contributed by atoms with E-state index >= 15 is 0 Å². The summed E-state index contributed by atoms with van der Waals surface area (Å²) >= 11 is 0. The maximum Gasteiger partial charge on any atom is 0.133 e. The van der Waals surface area contributed by atoms with Crippen LogP contribution in [-0.2, 0) is 0 Å². The highest BCUT2D eigenvalue weighted by Crippen LogP contribution is 2.38.